The SMILES string of the molecule is CNC1(C#N)CCCC(N2CCCC3CCCCC32)C1. The van der Waals surface area contributed by atoms with Gasteiger partial charge in [0.25, 0.3) is 0 Å². The van der Waals surface area contributed by atoms with Crippen molar-refractivity contribution in [2.24, 2.45) is 5.92 Å². The highest BCUT2D eigenvalue weighted by Crippen LogP contribution is 2.40. The summed E-state index contributed by atoms with van der Waals surface area (Å²) in [6.07, 6.45) is 13.1. The molecule has 3 nitrogen and oxygen atoms in total. The van der Waals surface area contributed by atoms with Crippen LogP contribution in [0.3, 0.4) is 0 Å². The van der Waals surface area contributed by atoms with Crippen molar-refractivity contribution in [1.29, 1.82) is 5.26 Å². The molecule has 0 radical (unpaired) electrons. The van der Waals surface area contributed by atoms with Crippen molar-refractivity contribution < 1.29 is 0 Å². The van der Waals surface area contributed by atoms with Crippen molar-refractivity contribution in [3.63, 3.8) is 0 Å². The van der Waals surface area contributed by atoms with Gasteiger partial charge in [-0.05, 0) is 70.9 Å². The van der Waals surface area contributed by atoms with Gasteiger partial charge in [0.1, 0.15) is 5.54 Å². The van der Waals surface area contributed by atoms with E-state index in [1.54, 1.807) is 0 Å². The van der Waals surface area contributed by atoms with Crippen molar-refractivity contribution in [3.8, 4) is 6.07 Å². The monoisotopic (exact) mass is 275 g/mol. The van der Waals surface area contributed by atoms with Crippen LogP contribution in [0, 0.1) is 17.2 Å². The van der Waals surface area contributed by atoms with Gasteiger partial charge in [0.2, 0.25) is 0 Å². The lowest BCUT2D eigenvalue weighted by Gasteiger charge is -2.50. The molecule has 1 N–H and O–H groups in total. The topological polar surface area (TPSA) is 39.1 Å². The average molecular weight is 275 g/mol. The van der Waals surface area contributed by atoms with Gasteiger partial charge in [-0.25, -0.2) is 0 Å². The number of hydrogen-bond acceptors (Lipinski definition) is 3. The van der Waals surface area contributed by atoms with Crippen LogP contribution in [0.5, 0.6) is 0 Å². The summed E-state index contributed by atoms with van der Waals surface area (Å²) in [5.41, 5.74) is -0.259. The molecule has 1 heterocycles. The number of hydrogen-bond donors (Lipinski definition) is 1. The molecule has 0 bridgehead atoms. The maximum Gasteiger partial charge on any atom is 0.108 e. The van der Waals surface area contributed by atoms with Crippen LogP contribution in [0.2, 0.25) is 0 Å². The van der Waals surface area contributed by atoms with Crippen LogP contribution in [0.1, 0.15) is 64.2 Å². The predicted octanol–water partition coefficient (Wildman–Crippen LogP) is 3.07. The molecule has 3 fully saturated rings. The molecule has 4 atom stereocenters. The molecule has 0 aromatic heterocycles. The number of nitrogens with one attached hydrogen (secondary N) is 1. The summed E-state index contributed by atoms with van der Waals surface area (Å²) in [5.74, 6) is 0.950. The van der Waals surface area contributed by atoms with E-state index in [0.717, 1.165) is 24.8 Å². The molecule has 0 spiro atoms. The quantitative estimate of drug-likeness (QED) is 0.842. The molecule has 0 aromatic rings. The summed E-state index contributed by atoms with van der Waals surface area (Å²) in [6, 6.07) is 4.04. The molecule has 2 aliphatic carbocycles. The van der Waals surface area contributed by atoms with E-state index in [1.807, 2.05) is 7.05 Å². The van der Waals surface area contributed by atoms with Crippen molar-refractivity contribution in [3.05, 3.63) is 0 Å². The fourth-order valence-electron chi connectivity index (χ4n) is 5.03. The van der Waals surface area contributed by atoms with E-state index >= 15 is 0 Å². The summed E-state index contributed by atoms with van der Waals surface area (Å²) in [6.45, 7) is 1.27. The minimum Gasteiger partial charge on any atom is -0.302 e. The Morgan fingerprint density at radius 2 is 1.90 bits per heavy atom. The smallest absolute Gasteiger partial charge is 0.108 e. The van der Waals surface area contributed by atoms with Crippen LogP contribution in [-0.2, 0) is 0 Å². The van der Waals surface area contributed by atoms with Gasteiger partial charge in [-0.15, -0.1) is 0 Å². The molecule has 2 saturated carbocycles. The van der Waals surface area contributed by atoms with E-state index in [9.17, 15) is 5.26 Å². The minimum atomic E-state index is -0.259. The van der Waals surface area contributed by atoms with E-state index in [-0.39, 0.29) is 5.54 Å². The first-order chi connectivity index (χ1) is 9.78. The molecule has 3 aliphatic rings. The highest BCUT2D eigenvalue weighted by molar-refractivity contribution is 5.11. The van der Waals surface area contributed by atoms with E-state index in [4.69, 9.17) is 0 Å². The second-order valence-electron chi connectivity index (χ2n) is 7.19. The van der Waals surface area contributed by atoms with Crippen molar-refractivity contribution >= 4 is 0 Å². The molecule has 112 valence electrons. The number of rotatable bonds is 2. The lowest BCUT2D eigenvalue weighted by molar-refractivity contribution is 0.00343. The number of likely N-dealkylation sites (tertiary alicyclic amines) is 1. The highest BCUT2D eigenvalue weighted by Gasteiger charge is 2.42. The average Bonchev–Trinajstić information content (AvgIpc) is 2.54. The molecule has 0 amide bonds. The van der Waals surface area contributed by atoms with Gasteiger partial charge >= 0.3 is 0 Å². The maximum absolute atomic E-state index is 9.56. The lowest BCUT2D eigenvalue weighted by Crippen LogP contribution is -2.57. The first-order valence-electron chi connectivity index (χ1n) is 8.64. The van der Waals surface area contributed by atoms with Crippen molar-refractivity contribution in [2.75, 3.05) is 13.6 Å². The first kappa shape index (κ1) is 14.4. The largest absolute Gasteiger partial charge is 0.302 e. The summed E-state index contributed by atoms with van der Waals surface area (Å²) in [4.78, 5) is 2.82. The molecule has 20 heavy (non-hydrogen) atoms. The molecule has 3 rings (SSSR count). The van der Waals surface area contributed by atoms with E-state index in [1.165, 1.54) is 57.9 Å². The third-order valence-corrected chi connectivity index (χ3v) is 6.17. The maximum atomic E-state index is 9.56. The molecule has 0 aromatic carbocycles. The second-order valence-corrected chi connectivity index (χ2v) is 7.19. The Labute approximate surface area is 123 Å². The van der Waals surface area contributed by atoms with E-state index in [2.05, 4.69) is 16.3 Å². The van der Waals surface area contributed by atoms with Crippen LogP contribution < -0.4 is 5.32 Å². The summed E-state index contributed by atoms with van der Waals surface area (Å²) in [7, 11) is 1.96. The first-order valence-corrected chi connectivity index (χ1v) is 8.64. The van der Waals surface area contributed by atoms with Crippen LogP contribution in [0.25, 0.3) is 0 Å². The zero-order valence-corrected chi connectivity index (χ0v) is 12.9. The molecule has 1 aliphatic heterocycles. The third-order valence-electron chi connectivity index (χ3n) is 6.17. The van der Waals surface area contributed by atoms with Crippen molar-refractivity contribution in [2.45, 2.75) is 81.8 Å². The standard InChI is InChI=1S/C17H29N3/c1-19-17(13-18)10-4-8-15(12-17)20-11-5-7-14-6-2-3-9-16(14)20/h14-16,19H,2-12H2,1H3. The van der Waals surface area contributed by atoms with Gasteiger partial charge in [-0.3, -0.25) is 4.90 Å². The minimum absolute atomic E-state index is 0.259. The van der Waals surface area contributed by atoms with Gasteiger partial charge in [-0.2, -0.15) is 5.26 Å². The zero-order chi connectivity index (χ0) is 14.0. The molecule has 3 heteroatoms. The van der Waals surface area contributed by atoms with Gasteiger partial charge in [-0.1, -0.05) is 12.8 Å². The van der Waals surface area contributed by atoms with Gasteiger partial charge < -0.3 is 5.32 Å². The Kier molecular flexibility index (Phi) is 4.33. The number of fused-ring (bicyclic) bond motifs is 1. The molecular weight excluding hydrogens is 246 g/mol. The van der Waals surface area contributed by atoms with Gasteiger partial charge in [0, 0.05) is 12.1 Å². The van der Waals surface area contributed by atoms with Crippen LogP contribution in [0.15, 0.2) is 0 Å². The third kappa shape index (κ3) is 2.61. The van der Waals surface area contributed by atoms with Crippen LogP contribution >= 0.6 is 0 Å². The Morgan fingerprint density at radius 3 is 2.70 bits per heavy atom. The number of piperidine rings is 1. The lowest BCUT2D eigenvalue weighted by atomic mass is 9.74. The fraction of sp³-hybridized carbons (Fsp3) is 0.941. The Bertz CT molecular complexity index is 373. The van der Waals surface area contributed by atoms with Gasteiger partial charge in [0.15, 0.2) is 0 Å². The predicted molar refractivity (Wildman–Crippen MR) is 81.3 cm³/mol. The number of nitrogens with zero attached hydrogens (tertiary/aromatic N) is 2. The Balaban J connectivity index is 1.72. The molecule has 1 saturated heterocycles. The normalized spacial score (nSPS) is 42.7. The van der Waals surface area contributed by atoms with Gasteiger partial charge in [0.05, 0.1) is 6.07 Å². The molecular formula is C17H29N3. The Morgan fingerprint density at radius 1 is 1.10 bits per heavy atom. The highest BCUT2D eigenvalue weighted by atomic mass is 15.2. The van der Waals surface area contributed by atoms with Crippen LogP contribution in [0.4, 0.5) is 0 Å². The Hall–Kier alpha value is -0.590. The van der Waals surface area contributed by atoms with Crippen molar-refractivity contribution in [1.82, 2.24) is 10.2 Å². The summed E-state index contributed by atoms with van der Waals surface area (Å²) in [5, 5.41) is 12.9. The summed E-state index contributed by atoms with van der Waals surface area (Å²) < 4.78 is 0. The fourth-order valence-corrected chi connectivity index (χ4v) is 5.03. The van der Waals surface area contributed by atoms with Crippen LogP contribution in [-0.4, -0.2) is 36.1 Å². The molecule has 4 unspecified atom stereocenters. The van der Waals surface area contributed by atoms with E-state index in [0.29, 0.717) is 6.04 Å². The summed E-state index contributed by atoms with van der Waals surface area (Å²) >= 11 is 0. The number of nitriles is 1. The van der Waals surface area contributed by atoms with E-state index < -0.39 is 0 Å². The zero-order valence-electron chi connectivity index (χ0n) is 12.9. The second kappa shape index (κ2) is 6.03.